The molecule has 0 radical (unpaired) electrons. The molecular formula is C18H17ClN2O2S. The van der Waals surface area contributed by atoms with Gasteiger partial charge < -0.3 is 9.15 Å². The summed E-state index contributed by atoms with van der Waals surface area (Å²) in [7, 11) is 0. The molecular weight excluding hydrogens is 344 g/mol. The Balaban J connectivity index is 1.52. The van der Waals surface area contributed by atoms with Gasteiger partial charge in [-0.1, -0.05) is 29.4 Å². The standard InChI is InChI=1S/C18H17ClN2O2S/c1-12-3-4-14(11-13(12)2)17-20-21-18(23-17)24-10-9-22-16-7-5-15(19)6-8-16/h3-8,11H,9-10H2,1-2H3. The maximum Gasteiger partial charge on any atom is 0.276 e. The van der Waals surface area contributed by atoms with Crippen LogP contribution in [0.15, 0.2) is 52.1 Å². The minimum Gasteiger partial charge on any atom is -0.493 e. The highest BCUT2D eigenvalue weighted by Crippen LogP contribution is 2.25. The largest absolute Gasteiger partial charge is 0.493 e. The molecule has 24 heavy (non-hydrogen) atoms. The summed E-state index contributed by atoms with van der Waals surface area (Å²) < 4.78 is 11.3. The second-order valence-electron chi connectivity index (χ2n) is 5.32. The average Bonchev–Trinajstić information content (AvgIpc) is 3.05. The van der Waals surface area contributed by atoms with Crippen LogP contribution >= 0.6 is 23.4 Å². The molecule has 0 saturated carbocycles. The second-order valence-corrected chi connectivity index (χ2v) is 6.81. The van der Waals surface area contributed by atoms with Crippen LogP contribution in [0.25, 0.3) is 11.5 Å². The van der Waals surface area contributed by atoms with Crippen LogP contribution in [-0.4, -0.2) is 22.6 Å². The Bertz CT molecular complexity index is 818. The van der Waals surface area contributed by atoms with Gasteiger partial charge in [0.15, 0.2) is 0 Å². The summed E-state index contributed by atoms with van der Waals surface area (Å²) in [5.74, 6) is 2.05. The Morgan fingerprint density at radius 3 is 2.58 bits per heavy atom. The Labute approximate surface area is 150 Å². The van der Waals surface area contributed by atoms with Crippen LogP contribution in [0, 0.1) is 13.8 Å². The molecule has 0 saturated heterocycles. The number of ether oxygens (including phenoxy) is 1. The molecule has 0 bridgehead atoms. The third kappa shape index (κ3) is 4.30. The topological polar surface area (TPSA) is 48.2 Å². The number of aryl methyl sites for hydroxylation is 2. The fourth-order valence-corrected chi connectivity index (χ4v) is 2.78. The van der Waals surface area contributed by atoms with Crippen LogP contribution in [0.5, 0.6) is 5.75 Å². The average molecular weight is 361 g/mol. The number of nitrogens with zero attached hydrogens (tertiary/aromatic N) is 2. The van der Waals surface area contributed by atoms with E-state index < -0.39 is 0 Å². The van der Waals surface area contributed by atoms with Gasteiger partial charge in [0.25, 0.3) is 5.22 Å². The maximum absolute atomic E-state index is 5.84. The Hall–Kier alpha value is -1.98. The predicted octanol–water partition coefficient (Wildman–Crippen LogP) is 5.18. The zero-order valence-electron chi connectivity index (χ0n) is 13.5. The molecule has 3 rings (SSSR count). The van der Waals surface area contributed by atoms with Gasteiger partial charge >= 0.3 is 0 Å². The van der Waals surface area contributed by atoms with Crippen molar-refractivity contribution in [3.63, 3.8) is 0 Å². The molecule has 0 atom stereocenters. The van der Waals surface area contributed by atoms with Crippen molar-refractivity contribution >= 4 is 23.4 Å². The first kappa shape index (κ1) is 16.9. The number of aromatic nitrogens is 2. The number of thioether (sulfide) groups is 1. The number of hydrogen-bond donors (Lipinski definition) is 0. The zero-order valence-corrected chi connectivity index (χ0v) is 15.0. The van der Waals surface area contributed by atoms with Crippen molar-refractivity contribution in [1.29, 1.82) is 0 Å². The van der Waals surface area contributed by atoms with Crippen molar-refractivity contribution in [2.75, 3.05) is 12.4 Å². The third-order valence-corrected chi connectivity index (χ3v) is 4.59. The molecule has 6 heteroatoms. The maximum atomic E-state index is 5.84. The van der Waals surface area contributed by atoms with Crippen LogP contribution in [0.1, 0.15) is 11.1 Å². The summed E-state index contributed by atoms with van der Waals surface area (Å²) in [6.45, 7) is 4.70. The van der Waals surface area contributed by atoms with Crippen molar-refractivity contribution in [2.24, 2.45) is 0 Å². The van der Waals surface area contributed by atoms with E-state index in [2.05, 4.69) is 36.2 Å². The normalized spacial score (nSPS) is 10.8. The summed E-state index contributed by atoms with van der Waals surface area (Å²) in [5, 5.41) is 9.43. The lowest BCUT2D eigenvalue weighted by atomic mass is 10.1. The van der Waals surface area contributed by atoms with E-state index in [9.17, 15) is 0 Å². The summed E-state index contributed by atoms with van der Waals surface area (Å²) in [6.07, 6.45) is 0. The summed E-state index contributed by atoms with van der Waals surface area (Å²) in [4.78, 5) is 0. The molecule has 1 heterocycles. The van der Waals surface area contributed by atoms with E-state index in [4.69, 9.17) is 20.8 Å². The van der Waals surface area contributed by atoms with Crippen molar-refractivity contribution in [3.05, 3.63) is 58.6 Å². The third-order valence-electron chi connectivity index (χ3n) is 3.55. The highest BCUT2D eigenvalue weighted by Gasteiger charge is 2.09. The molecule has 0 amide bonds. The van der Waals surface area contributed by atoms with Crippen LogP contribution in [0.3, 0.4) is 0 Å². The molecule has 0 unspecified atom stereocenters. The lowest BCUT2D eigenvalue weighted by Gasteiger charge is -2.04. The molecule has 0 aliphatic heterocycles. The number of rotatable bonds is 6. The molecule has 2 aromatic carbocycles. The first-order valence-corrected chi connectivity index (χ1v) is 8.90. The first-order chi connectivity index (χ1) is 11.6. The Morgan fingerprint density at radius 2 is 1.83 bits per heavy atom. The highest BCUT2D eigenvalue weighted by molar-refractivity contribution is 7.99. The van der Waals surface area contributed by atoms with Crippen molar-refractivity contribution in [3.8, 4) is 17.2 Å². The van der Waals surface area contributed by atoms with Gasteiger partial charge in [0, 0.05) is 16.3 Å². The van der Waals surface area contributed by atoms with Gasteiger partial charge in [-0.15, -0.1) is 10.2 Å². The smallest absolute Gasteiger partial charge is 0.276 e. The first-order valence-electron chi connectivity index (χ1n) is 7.54. The minimum absolute atomic E-state index is 0.541. The van der Waals surface area contributed by atoms with Crippen LogP contribution in [0.2, 0.25) is 5.02 Å². The second kappa shape index (κ2) is 7.73. The fourth-order valence-electron chi connectivity index (χ4n) is 2.08. The SMILES string of the molecule is Cc1ccc(-c2nnc(SCCOc3ccc(Cl)cc3)o2)cc1C. The Kier molecular flexibility index (Phi) is 5.43. The van der Waals surface area contributed by atoms with Crippen molar-refractivity contribution in [1.82, 2.24) is 10.2 Å². The zero-order chi connectivity index (χ0) is 16.9. The van der Waals surface area contributed by atoms with Crippen LogP contribution in [0.4, 0.5) is 0 Å². The molecule has 0 spiro atoms. The fraction of sp³-hybridized carbons (Fsp3) is 0.222. The van der Waals surface area contributed by atoms with E-state index in [0.29, 0.717) is 22.7 Å². The number of benzene rings is 2. The van der Waals surface area contributed by atoms with E-state index in [1.807, 2.05) is 18.2 Å². The Morgan fingerprint density at radius 1 is 1.04 bits per heavy atom. The van der Waals surface area contributed by atoms with Gasteiger partial charge in [-0.05, 0) is 61.4 Å². The lowest BCUT2D eigenvalue weighted by Crippen LogP contribution is -1.99. The number of hydrogen-bond acceptors (Lipinski definition) is 5. The summed E-state index contributed by atoms with van der Waals surface area (Å²) >= 11 is 7.31. The molecule has 0 fully saturated rings. The number of halogens is 1. The lowest BCUT2D eigenvalue weighted by molar-refractivity contribution is 0.343. The molecule has 0 aliphatic rings. The summed E-state index contributed by atoms with van der Waals surface area (Å²) in [6, 6.07) is 13.4. The van der Waals surface area contributed by atoms with E-state index in [-0.39, 0.29) is 0 Å². The van der Waals surface area contributed by atoms with Gasteiger partial charge in [-0.25, -0.2) is 0 Å². The van der Waals surface area contributed by atoms with Gasteiger partial charge in [-0.3, -0.25) is 0 Å². The monoisotopic (exact) mass is 360 g/mol. The molecule has 124 valence electrons. The van der Waals surface area contributed by atoms with Gasteiger partial charge in [0.2, 0.25) is 5.89 Å². The van der Waals surface area contributed by atoms with E-state index in [0.717, 1.165) is 17.1 Å². The van der Waals surface area contributed by atoms with Gasteiger partial charge in [0.05, 0.1) is 6.61 Å². The quantitative estimate of drug-likeness (QED) is 0.448. The van der Waals surface area contributed by atoms with Gasteiger partial charge in [0.1, 0.15) is 5.75 Å². The van der Waals surface area contributed by atoms with E-state index in [1.54, 1.807) is 12.1 Å². The van der Waals surface area contributed by atoms with Crippen molar-refractivity contribution in [2.45, 2.75) is 19.1 Å². The van der Waals surface area contributed by atoms with Crippen LogP contribution < -0.4 is 4.74 Å². The highest BCUT2D eigenvalue weighted by atomic mass is 35.5. The molecule has 1 aromatic heterocycles. The van der Waals surface area contributed by atoms with E-state index >= 15 is 0 Å². The molecule has 3 aromatic rings. The molecule has 0 N–H and O–H groups in total. The van der Waals surface area contributed by atoms with Crippen molar-refractivity contribution < 1.29 is 9.15 Å². The predicted molar refractivity (Wildman–Crippen MR) is 96.9 cm³/mol. The minimum atomic E-state index is 0.541. The van der Waals surface area contributed by atoms with E-state index in [1.165, 1.54) is 22.9 Å². The molecule has 4 nitrogen and oxygen atoms in total. The summed E-state index contributed by atoms with van der Waals surface area (Å²) in [5.41, 5.74) is 3.39. The van der Waals surface area contributed by atoms with Gasteiger partial charge in [-0.2, -0.15) is 0 Å². The van der Waals surface area contributed by atoms with Crippen LogP contribution in [-0.2, 0) is 0 Å². The molecule has 0 aliphatic carbocycles.